The standard InChI is InChI=1S/C10H21N3/c11-10-3-6-13(8-10)7-9-1-4-12-5-2-9/h9-10,12H,1-8,11H2/t10-/m0/s1. The van der Waals surface area contributed by atoms with Gasteiger partial charge in [0, 0.05) is 19.1 Å². The zero-order valence-corrected chi connectivity index (χ0v) is 8.34. The van der Waals surface area contributed by atoms with Crippen LogP contribution in [-0.2, 0) is 0 Å². The summed E-state index contributed by atoms with van der Waals surface area (Å²) in [7, 11) is 0. The lowest BCUT2D eigenvalue weighted by molar-refractivity contribution is 0.239. The quantitative estimate of drug-likeness (QED) is 0.634. The SMILES string of the molecule is N[C@H]1CCN(CC2CCNCC2)C1. The van der Waals surface area contributed by atoms with Gasteiger partial charge in [0.2, 0.25) is 0 Å². The molecule has 1 atom stereocenters. The molecule has 0 saturated carbocycles. The number of nitrogens with zero attached hydrogens (tertiary/aromatic N) is 1. The number of rotatable bonds is 2. The predicted molar refractivity (Wildman–Crippen MR) is 54.6 cm³/mol. The van der Waals surface area contributed by atoms with Gasteiger partial charge in [-0.15, -0.1) is 0 Å². The number of hydrogen-bond donors (Lipinski definition) is 2. The van der Waals surface area contributed by atoms with Crippen LogP contribution < -0.4 is 11.1 Å². The van der Waals surface area contributed by atoms with Crippen LogP contribution in [0.4, 0.5) is 0 Å². The Kier molecular flexibility index (Phi) is 3.19. The van der Waals surface area contributed by atoms with Gasteiger partial charge < -0.3 is 16.0 Å². The topological polar surface area (TPSA) is 41.3 Å². The van der Waals surface area contributed by atoms with Gasteiger partial charge in [-0.3, -0.25) is 0 Å². The summed E-state index contributed by atoms with van der Waals surface area (Å²) < 4.78 is 0. The Balaban J connectivity index is 1.71. The first-order chi connectivity index (χ1) is 6.34. The minimum Gasteiger partial charge on any atom is -0.326 e. The van der Waals surface area contributed by atoms with E-state index in [4.69, 9.17) is 5.73 Å². The smallest absolute Gasteiger partial charge is 0.0180 e. The Bertz CT molecular complexity index is 151. The van der Waals surface area contributed by atoms with Crippen LogP contribution >= 0.6 is 0 Å². The molecule has 0 aromatic rings. The van der Waals surface area contributed by atoms with E-state index in [0.717, 1.165) is 12.5 Å². The molecule has 2 aliphatic heterocycles. The van der Waals surface area contributed by atoms with Gasteiger partial charge >= 0.3 is 0 Å². The largest absolute Gasteiger partial charge is 0.326 e. The third-order valence-corrected chi connectivity index (χ3v) is 3.28. The van der Waals surface area contributed by atoms with Gasteiger partial charge in [-0.1, -0.05) is 0 Å². The summed E-state index contributed by atoms with van der Waals surface area (Å²) in [6, 6.07) is 0.446. The fraction of sp³-hybridized carbons (Fsp3) is 1.00. The second-order valence-electron chi connectivity index (χ2n) is 4.50. The molecule has 0 bridgehead atoms. The average molecular weight is 183 g/mol. The zero-order chi connectivity index (χ0) is 9.10. The fourth-order valence-electron chi connectivity index (χ4n) is 2.46. The van der Waals surface area contributed by atoms with E-state index in [2.05, 4.69) is 10.2 Å². The summed E-state index contributed by atoms with van der Waals surface area (Å²) in [5, 5.41) is 3.41. The minimum atomic E-state index is 0.446. The maximum atomic E-state index is 5.88. The molecule has 3 N–H and O–H groups in total. The predicted octanol–water partition coefficient (Wildman–Crippen LogP) is 0.0190. The summed E-state index contributed by atoms with van der Waals surface area (Å²) in [5.74, 6) is 0.923. The first kappa shape index (κ1) is 9.44. The minimum absolute atomic E-state index is 0.446. The first-order valence-corrected chi connectivity index (χ1v) is 5.53. The van der Waals surface area contributed by atoms with Gasteiger partial charge in [0.15, 0.2) is 0 Å². The Morgan fingerprint density at radius 1 is 1.23 bits per heavy atom. The van der Waals surface area contributed by atoms with Crippen molar-refractivity contribution in [1.29, 1.82) is 0 Å². The second kappa shape index (κ2) is 4.40. The second-order valence-corrected chi connectivity index (χ2v) is 4.50. The van der Waals surface area contributed by atoms with E-state index < -0.39 is 0 Å². The fourth-order valence-corrected chi connectivity index (χ4v) is 2.46. The molecule has 2 rings (SSSR count). The molecule has 3 nitrogen and oxygen atoms in total. The van der Waals surface area contributed by atoms with E-state index in [-0.39, 0.29) is 0 Å². The maximum Gasteiger partial charge on any atom is 0.0180 e. The highest BCUT2D eigenvalue weighted by Crippen LogP contribution is 2.16. The molecule has 0 radical (unpaired) electrons. The van der Waals surface area contributed by atoms with Crippen molar-refractivity contribution in [3.63, 3.8) is 0 Å². The number of nitrogens with two attached hydrogens (primary N) is 1. The molecule has 0 aliphatic carbocycles. The highest BCUT2D eigenvalue weighted by molar-refractivity contribution is 4.80. The van der Waals surface area contributed by atoms with Crippen molar-refractivity contribution >= 4 is 0 Å². The van der Waals surface area contributed by atoms with Crippen molar-refractivity contribution in [3.05, 3.63) is 0 Å². The van der Waals surface area contributed by atoms with Crippen LogP contribution in [0.1, 0.15) is 19.3 Å². The van der Waals surface area contributed by atoms with Gasteiger partial charge in [-0.05, 0) is 44.8 Å². The number of nitrogens with one attached hydrogen (secondary N) is 1. The molecule has 0 aromatic heterocycles. The van der Waals surface area contributed by atoms with E-state index in [9.17, 15) is 0 Å². The summed E-state index contributed by atoms with van der Waals surface area (Å²) in [5.41, 5.74) is 5.88. The van der Waals surface area contributed by atoms with Crippen molar-refractivity contribution < 1.29 is 0 Å². The first-order valence-electron chi connectivity index (χ1n) is 5.53. The lowest BCUT2D eigenvalue weighted by atomic mass is 9.98. The molecule has 76 valence electrons. The van der Waals surface area contributed by atoms with Crippen LogP contribution in [0.25, 0.3) is 0 Å². The van der Waals surface area contributed by atoms with Crippen molar-refractivity contribution in [2.75, 3.05) is 32.7 Å². The molecule has 0 spiro atoms. The van der Waals surface area contributed by atoms with Crippen LogP contribution in [0.3, 0.4) is 0 Å². The summed E-state index contributed by atoms with van der Waals surface area (Å²) in [6.07, 6.45) is 3.91. The lowest BCUT2D eigenvalue weighted by Crippen LogP contribution is -2.36. The zero-order valence-electron chi connectivity index (χ0n) is 8.34. The Hall–Kier alpha value is -0.120. The van der Waals surface area contributed by atoms with E-state index in [1.807, 2.05) is 0 Å². The molecular formula is C10H21N3. The highest BCUT2D eigenvalue weighted by Gasteiger charge is 2.22. The van der Waals surface area contributed by atoms with Gasteiger partial charge in [0.1, 0.15) is 0 Å². The van der Waals surface area contributed by atoms with Crippen molar-refractivity contribution in [2.24, 2.45) is 11.7 Å². The molecule has 13 heavy (non-hydrogen) atoms. The average Bonchev–Trinajstić information content (AvgIpc) is 2.53. The summed E-state index contributed by atoms with van der Waals surface area (Å²) in [4.78, 5) is 2.54. The highest BCUT2D eigenvalue weighted by atomic mass is 15.2. The van der Waals surface area contributed by atoms with E-state index in [1.54, 1.807) is 0 Å². The lowest BCUT2D eigenvalue weighted by Gasteiger charge is -2.27. The Morgan fingerprint density at radius 2 is 2.00 bits per heavy atom. The normalized spacial score (nSPS) is 32.5. The summed E-state index contributed by atoms with van der Waals surface area (Å²) >= 11 is 0. The Morgan fingerprint density at radius 3 is 2.62 bits per heavy atom. The van der Waals surface area contributed by atoms with Gasteiger partial charge in [-0.25, -0.2) is 0 Å². The molecule has 3 heteroatoms. The van der Waals surface area contributed by atoms with E-state index in [1.165, 1.54) is 45.4 Å². The molecular weight excluding hydrogens is 162 g/mol. The third-order valence-electron chi connectivity index (χ3n) is 3.28. The number of likely N-dealkylation sites (tertiary alicyclic amines) is 1. The van der Waals surface area contributed by atoms with Gasteiger partial charge in [-0.2, -0.15) is 0 Å². The van der Waals surface area contributed by atoms with Crippen molar-refractivity contribution in [3.8, 4) is 0 Å². The monoisotopic (exact) mass is 183 g/mol. The third kappa shape index (κ3) is 2.66. The molecule has 2 saturated heterocycles. The molecule has 0 aromatic carbocycles. The molecule has 2 fully saturated rings. The molecule has 0 unspecified atom stereocenters. The van der Waals surface area contributed by atoms with Crippen molar-refractivity contribution in [2.45, 2.75) is 25.3 Å². The van der Waals surface area contributed by atoms with Gasteiger partial charge in [0.25, 0.3) is 0 Å². The molecule has 2 aliphatic rings. The summed E-state index contributed by atoms with van der Waals surface area (Å²) in [6.45, 7) is 6.07. The van der Waals surface area contributed by atoms with Crippen LogP contribution in [0, 0.1) is 5.92 Å². The maximum absolute atomic E-state index is 5.88. The van der Waals surface area contributed by atoms with E-state index >= 15 is 0 Å². The van der Waals surface area contributed by atoms with Gasteiger partial charge in [0.05, 0.1) is 0 Å². The number of piperidine rings is 1. The van der Waals surface area contributed by atoms with Crippen molar-refractivity contribution in [1.82, 2.24) is 10.2 Å². The molecule has 0 amide bonds. The van der Waals surface area contributed by atoms with Crippen LogP contribution in [-0.4, -0.2) is 43.7 Å². The van der Waals surface area contributed by atoms with Crippen LogP contribution in [0.2, 0.25) is 0 Å². The molecule has 2 heterocycles. The van der Waals surface area contributed by atoms with Crippen LogP contribution in [0.15, 0.2) is 0 Å². The van der Waals surface area contributed by atoms with E-state index in [0.29, 0.717) is 6.04 Å². The Labute approximate surface area is 80.7 Å². The van der Waals surface area contributed by atoms with Crippen LogP contribution in [0.5, 0.6) is 0 Å². The number of hydrogen-bond acceptors (Lipinski definition) is 3.